The van der Waals surface area contributed by atoms with Crippen LogP contribution in [0.15, 0.2) is 18.2 Å². The van der Waals surface area contributed by atoms with Gasteiger partial charge in [0.25, 0.3) is 0 Å². The topological polar surface area (TPSA) is 44.4 Å². The molecule has 4 heteroatoms. The molecule has 1 aliphatic heterocycles. The van der Waals surface area contributed by atoms with Gasteiger partial charge in [0, 0.05) is 18.8 Å². The minimum atomic E-state index is -0.0685. The van der Waals surface area contributed by atoms with Crippen molar-refractivity contribution in [2.24, 2.45) is 0 Å². The third-order valence-corrected chi connectivity index (χ3v) is 3.73. The summed E-state index contributed by atoms with van der Waals surface area (Å²) in [5.41, 5.74) is 3.70. The molecule has 1 amide bonds. The lowest BCUT2D eigenvalue weighted by atomic mass is 10.0. The number of para-hydroxylation sites is 1. The second-order valence-corrected chi connectivity index (χ2v) is 5.13. The Labute approximate surface area is 115 Å². The first kappa shape index (κ1) is 13.9. The maximum absolute atomic E-state index is 12.1. The predicted molar refractivity (Wildman–Crippen MR) is 78.6 cm³/mol. The predicted octanol–water partition coefficient (Wildman–Crippen LogP) is 1.22. The number of rotatable bonds is 4. The number of nitrogens with one attached hydrogen (secondary N) is 2. The van der Waals surface area contributed by atoms with Crippen LogP contribution in [0.2, 0.25) is 0 Å². The van der Waals surface area contributed by atoms with Gasteiger partial charge in [0.2, 0.25) is 5.91 Å². The minimum Gasteiger partial charge on any atom is -0.357 e. The summed E-state index contributed by atoms with van der Waals surface area (Å²) in [6, 6.07) is 6.23. The lowest BCUT2D eigenvalue weighted by molar-refractivity contribution is -0.123. The molecule has 0 aromatic heterocycles. The van der Waals surface area contributed by atoms with Crippen molar-refractivity contribution in [1.82, 2.24) is 10.6 Å². The Morgan fingerprint density at radius 2 is 2.05 bits per heavy atom. The molecule has 1 heterocycles. The molecule has 0 saturated carbocycles. The summed E-state index contributed by atoms with van der Waals surface area (Å²) in [7, 11) is 1.92. The van der Waals surface area contributed by atoms with E-state index in [2.05, 4.69) is 47.6 Å². The molecule has 2 rings (SSSR count). The molecule has 1 aromatic rings. The molecule has 1 saturated heterocycles. The zero-order chi connectivity index (χ0) is 13.8. The second kappa shape index (κ2) is 6.06. The lowest BCUT2D eigenvalue weighted by Gasteiger charge is -2.38. The Balaban J connectivity index is 2.31. The fourth-order valence-electron chi connectivity index (χ4n) is 2.81. The van der Waals surface area contributed by atoms with E-state index >= 15 is 0 Å². The normalized spacial score (nSPS) is 19.4. The highest BCUT2D eigenvalue weighted by atomic mass is 16.2. The molecule has 1 aliphatic rings. The van der Waals surface area contributed by atoms with E-state index in [9.17, 15) is 4.79 Å². The molecular weight excluding hydrogens is 238 g/mol. The van der Waals surface area contributed by atoms with Crippen LogP contribution >= 0.6 is 0 Å². The van der Waals surface area contributed by atoms with Crippen LogP contribution in [-0.4, -0.2) is 38.6 Å². The van der Waals surface area contributed by atoms with E-state index in [1.807, 2.05) is 7.05 Å². The summed E-state index contributed by atoms with van der Waals surface area (Å²) in [5, 5.41) is 6.10. The number of carbonyl (C=O) groups excluding carboxylic acids is 1. The van der Waals surface area contributed by atoms with Crippen molar-refractivity contribution in [3.8, 4) is 0 Å². The molecule has 0 aliphatic carbocycles. The molecule has 0 radical (unpaired) electrons. The number of aryl methyl sites for hydroxylation is 2. The van der Waals surface area contributed by atoms with Gasteiger partial charge in [-0.1, -0.05) is 18.2 Å². The fraction of sp³-hybridized carbons (Fsp3) is 0.533. The summed E-state index contributed by atoms with van der Waals surface area (Å²) < 4.78 is 0. The average molecular weight is 261 g/mol. The Kier molecular flexibility index (Phi) is 4.43. The van der Waals surface area contributed by atoms with E-state index < -0.39 is 0 Å². The third-order valence-electron chi connectivity index (χ3n) is 3.73. The number of amides is 1. The summed E-state index contributed by atoms with van der Waals surface area (Å²) >= 11 is 0. The van der Waals surface area contributed by atoms with Crippen LogP contribution < -0.4 is 15.5 Å². The van der Waals surface area contributed by atoms with Gasteiger partial charge in [0.1, 0.15) is 6.04 Å². The number of hydrogen-bond donors (Lipinski definition) is 2. The van der Waals surface area contributed by atoms with Gasteiger partial charge in [-0.3, -0.25) is 4.79 Å². The highest BCUT2D eigenvalue weighted by molar-refractivity contribution is 5.87. The number of piperazine rings is 1. The van der Waals surface area contributed by atoms with E-state index in [-0.39, 0.29) is 11.9 Å². The number of hydrogen-bond acceptors (Lipinski definition) is 3. The molecule has 0 spiro atoms. The lowest BCUT2D eigenvalue weighted by Crippen LogP contribution is -2.56. The molecule has 1 fully saturated rings. The zero-order valence-electron chi connectivity index (χ0n) is 12.0. The monoisotopic (exact) mass is 261 g/mol. The summed E-state index contributed by atoms with van der Waals surface area (Å²) in [6.45, 7) is 6.68. The van der Waals surface area contributed by atoms with Crippen LogP contribution in [0.4, 0.5) is 5.69 Å². The van der Waals surface area contributed by atoms with E-state index in [0.29, 0.717) is 0 Å². The van der Waals surface area contributed by atoms with Crippen LogP contribution in [0.1, 0.15) is 17.5 Å². The van der Waals surface area contributed by atoms with Crippen molar-refractivity contribution in [2.45, 2.75) is 26.3 Å². The number of benzene rings is 1. The first-order valence-electron chi connectivity index (χ1n) is 6.90. The number of anilines is 1. The molecule has 1 aromatic carbocycles. The van der Waals surface area contributed by atoms with Crippen molar-refractivity contribution >= 4 is 11.6 Å². The van der Waals surface area contributed by atoms with Crippen molar-refractivity contribution in [3.05, 3.63) is 29.3 Å². The quantitative estimate of drug-likeness (QED) is 0.856. The van der Waals surface area contributed by atoms with Gasteiger partial charge < -0.3 is 15.5 Å². The zero-order valence-corrected chi connectivity index (χ0v) is 12.0. The Bertz CT molecular complexity index is 438. The van der Waals surface area contributed by atoms with E-state index in [4.69, 9.17) is 0 Å². The van der Waals surface area contributed by atoms with E-state index in [1.165, 1.54) is 16.8 Å². The summed E-state index contributed by atoms with van der Waals surface area (Å²) in [4.78, 5) is 14.4. The van der Waals surface area contributed by atoms with E-state index in [1.54, 1.807) is 0 Å². The fourth-order valence-corrected chi connectivity index (χ4v) is 2.81. The van der Waals surface area contributed by atoms with E-state index in [0.717, 1.165) is 26.1 Å². The van der Waals surface area contributed by atoms with Gasteiger partial charge >= 0.3 is 0 Å². The van der Waals surface area contributed by atoms with Gasteiger partial charge in [-0.25, -0.2) is 0 Å². The van der Waals surface area contributed by atoms with Gasteiger partial charge in [-0.05, 0) is 45.0 Å². The van der Waals surface area contributed by atoms with Crippen LogP contribution in [0.25, 0.3) is 0 Å². The molecule has 19 heavy (non-hydrogen) atoms. The van der Waals surface area contributed by atoms with Crippen molar-refractivity contribution < 1.29 is 4.79 Å². The van der Waals surface area contributed by atoms with Crippen molar-refractivity contribution in [1.29, 1.82) is 0 Å². The maximum atomic E-state index is 12.1. The summed E-state index contributed by atoms with van der Waals surface area (Å²) in [5.74, 6) is 0.143. The van der Waals surface area contributed by atoms with Crippen molar-refractivity contribution in [2.75, 3.05) is 31.6 Å². The molecule has 2 N–H and O–H groups in total. The molecule has 1 unspecified atom stereocenters. The first-order chi connectivity index (χ1) is 9.15. The highest BCUT2D eigenvalue weighted by Crippen LogP contribution is 2.28. The number of carbonyl (C=O) groups is 1. The van der Waals surface area contributed by atoms with Gasteiger partial charge in [-0.2, -0.15) is 0 Å². The molecule has 104 valence electrons. The standard InChI is InChI=1S/C15H23N3O/c1-11-5-4-6-12(2)14(11)18-10-9-17-15(19)13(18)7-8-16-3/h4-6,13,16H,7-10H2,1-3H3,(H,17,19). The first-order valence-corrected chi connectivity index (χ1v) is 6.90. The largest absolute Gasteiger partial charge is 0.357 e. The van der Waals surface area contributed by atoms with Gasteiger partial charge in [0.15, 0.2) is 0 Å². The molecular formula is C15H23N3O. The average Bonchev–Trinajstić information content (AvgIpc) is 2.38. The smallest absolute Gasteiger partial charge is 0.242 e. The van der Waals surface area contributed by atoms with Crippen LogP contribution in [0, 0.1) is 13.8 Å². The maximum Gasteiger partial charge on any atom is 0.242 e. The number of nitrogens with zero attached hydrogens (tertiary/aromatic N) is 1. The minimum absolute atomic E-state index is 0.0685. The second-order valence-electron chi connectivity index (χ2n) is 5.13. The van der Waals surface area contributed by atoms with Gasteiger partial charge in [-0.15, -0.1) is 0 Å². The van der Waals surface area contributed by atoms with Gasteiger partial charge in [0.05, 0.1) is 0 Å². The Morgan fingerprint density at radius 1 is 1.37 bits per heavy atom. The van der Waals surface area contributed by atoms with Crippen LogP contribution in [0.3, 0.4) is 0 Å². The highest BCUT2D eigenvalue weighted by Gasteiger charge is 2.30. The Hall–Kier alpha value is -1.55. The third kappa shape index (κ3) is 2.89. The summed E-state index contributed by atoms with van der Waals surface area (Å²) in [6.07, 6.45) is 0.829. The van der Waals surface area contributed by atoms with Crippen LogP contribution in [0.5, 0.6) is 0 Å². The van der Waals surface area contributed by atoms with Crippen LogP contribution in [-0.2, 0) is 4.79 Å². The molecule has 1 atom stereocenters. The SMILES string of the molecule is CNCCC1C(=O)NCCN1c1c(C)cccc1C. The molecule has 0 bridgehead atoms. The molecule has 4 nitrogen and oxygen atoms in total. The van der Waals surface area contributed by atoms with Crippen molar-refractivity contribution in [3.63, 3.8) is 0 Å². The Morgan fingerprint density at radius 3 is 2.68 bits per heavy atom.